The summed E-state index contributed by atoms with van der Waals surface area (Å²) in [7, 11) is 0. The second-order valence-electron chi connectivity index (χ2n) is 7.60. The van der Waals surface area contributed by atoms with E-state index in [2.05, 4.69) is 52.4 Å². The van der Waals surface area contributed by atoms with Crippen molar-refractivity contribution in [3.05, 3.63) is 42.5 Å². The molecule has 6 nitrogen and oxygen atoms in total. The SMILES string of the molecule is CCNC(=NCCOc1cccc2ccccc12)N1CCC(N2CCOCC2)C1. The highest BCUT2D eigenvalue weighted by Gasteiger charge is 2.30. The largest absolute Gasteiger partial charge is 0.491 e. The highest BCUT2D eigenvalue weighted by atomic mass is 16.5. The maximum atomic E-state index is 6.05. The minimum absolute atomic E-state index is 0.573. The molecule has 1 unspecified atom stereocenters. The number of guanidine groups is 1. The molecule has 156 valence electrons. The van der Waals surface area contributed by atoms with E-state index in [9.17, 15) is 0 Å². The molecule has 2 aliphatic heterocycles. The van der Waals surface area contributed by atoms with Gasteiger partial charge in [0.1, 0.15) is 12.4 Å². The number of ether oxygens (including phenoxy) is 2. The van der Waals surface area contributed by atoms with Gasteiger partial charge in [-0.25, -0.2) is 4.99 Å². The molecular formula is C23H32N4O2. The Morgan fingerprint density at radius 2 is 1.97 bits per heavy atom. The molecule has 2 heterocycles. The second kappa shape index (κ2) is 9.94. The molecule has 2 aromatic rings. The predicted molar refractivity (Wildman–Crippen MR) is 118 cm³/mol. The van der Waals surface area contributed by atoms with Crippen LogP contribution >= 0.6 is 0 Å². The van der Waals surface area contributed by atoms with Gasteiger partial charge in [0.25, 0.3) is 0 Å². The van der Waals surface area contributed by atoms with Crippen LogP contribution in [0.25, 0.3) is 10.8 Å². The third kappa shape index (κ3) is 5.00. The van der Waals surface area contributed by atoms with Gasteiger partial charge in [-0.1, -0.05) is 36.4 Å². The van der Waals surface area contributed by atoms with Crippen molar-refractivity contribution in [1.29, 1.82) is 0 Å². The topological polar surface area (TPSA) is 49.3 Å². The fourth-order valence-corrected chi connectivity index (χ4v) is 4.23. The third-order valence-corrected chi connectivity index (χ3v) is 5.72. The van der Waals surface area contributed by atoms with E-state index in [1.807, 2.05) is 12.1 Å². The molecule has 0 bridgehead atoms. The van der Waals surface area contributed by atoms with E-state index in [0.717, 1.165) is 63.0 Å². The van der Waals surface area contributed by atoms with Crippen LogP contribution < -0.4 is 10.1 Å². The monoisotopic (exact) mass is 396 g/mol. The molecule has 1 atom stereocenters. The van der Waals surface area contributed by atoms with E-state index in [1.165, 1.54) is 11.8 Å². The Morgan fingerprint density at radius 3 is 2.83 bits per heavy atom. The van der Waals surface area contributed by atoms with E-state index < -0.39 is 0 Å². The molecule has 0 spiro atoms. The maximum absolute atomic E-state index is 6.05. The molecule has 1 N–H and O–H groups in total. The minimum atomic E-state index is 0.573. The zero-order valence-electron chi connectivity index (χ0n) is 17.3. The molecule has 2 fully saturated rings. The number of aliphatic imine (C=N–C) groups is 1. The third-order valence-electron chi connectivity index (χ3n) is 5.72. The predicted octanol–water partition coefficient (Wildman–Crippen LogP) is 2.59. The van der Waals surface area contributed by atoms with Crippen LogP contribution in [-0.2, 0) is 4.74 Å². The molecule has 0 radical (unpaired) electrons. The summed E-state index contributed by atoms with van der Waals surface area (Å²) in [5, 5.41) is 5.81. The standard InChI is InChI=1S/C23H32N4O2/c1-2-24-23(27-12-10-20(18-27)26-13-16-28-17-14-26)25-11-15-29-22-9-5-7-19-6-3-4-8-21(19)22/h3-9,20H,2,10-18H2,1H3,(H,24,25). The normalized spacial score (nSPS) is 20.9. The van der Waals surface area contributed by atoms with Crippen LogP contribution in [-0.4, -0.2) is 80.9 Å². The van der Waals surface area contributed by atoms with Gasteiger partial charge in [0, 0.05) is 44.2 Å². The molecule has 2 aliphatic rings. The van der Waals surface area contributed by atoms with Crippen LogP contribution in [0.1, 0.15) is 13.3 Å². The summed E-state index contributed by atoms with van der Waals surface area (Å²) in [6, 6.07) is 15.1. The Labute approximate surface area is 173 Å². The fraction of sp³-hybridized carbons (Fsp3) is 0.522. The van der Waals surface area contributed by atoms with Crippen molar-refractivity contribution in [3.8, 4) is 5.75 Å². The van der Waals surface area contributed by atoms with E-state index >= 15 is 0 Å². The lowest BCUT2D eigenvalue weighted by Crippen LogP contribution is -2.46. The van der Waals surface area contributed by atoms with Gasteiger partial charge < -0.3 is 19.7 Å². The molecule has 0 saturated carbocycles. The first kappa shape index (κ1) is 20.0. The second-order valence-corrected chi connectivity index (χ2v) is 7.60. The number of fused-ring (bicyclic) bond motifs is 1. The summed E-state index contributed by atoms with van der Waals surface area (Å²) in [5.74, 6) is 1.93. The van der Waals surface area contributed by atoms with Crippen LogP contribution in [0, 0.1) is 0 Å². The Kier molecular flexibility index (Phi) is 6.85. The van der Waals surface area contributed by atoms with Gasteiger partial charge in [-0.2, -0.15) is 0 Å². The summed E-state index contributed by atoms with van der Waals surface area (Å²) in [4.78, 5) is 9.79. The van der Waals surface area contributed by atoms with Crippen molar-refractivity contribution in [3.63, 3.8) is 0 Å². The van der Waals surface area contributed by atoms with E-state index in [0.29, 0.717) is 19.2 Å². The first-order valence-corrected chi connectivity index (χ1v) is 10.8. The molecule has 0 aliphatic carbocycles. The van der Waals surface area contributed by atoms with Crippen LogP contribution in [0.2, 0.25) is 0 Å². The average Bonchev–Trinajstić information content (AvgIpc) is 3.27. The quantitative estimate of drug-likeness (QED) is 0.462. The lowest BCUT2D eigenvalue weighted by molar-refractivity contribution is 0.0195. The lowest BCUT2D eigenvalue weighted by Gasteiger charge is -2.32. The Balaban J connectivity index is 1.32. The van der Waals surface area contributed by atoms with Gasteiger partial charge in [-0.3, -0.25) is 4.90 Å². The molecule has 0 aromatic heterocycles. The van der Waals surface area contributed by atoms with Crippen molar-refractivity contribution >= 4 is 16.7 Å². The summed E-state index contributed by atoms with van der Waals surface area (Å²) in [6.45, 7) is 10.1. The van der Waals surface area contributed by atoms with Crippen LogP contribution in [0.4, 0.5) is 0 Å². The molecule has 2 aromatic carbocycles. The van der Waals surface area contributed by atoms with Crippen molar-refractivity contribution in [2.75, 3.05) is 59.1 Å². The van der Waals surface area contributed by atoms with E-state index in [1.54, 1.807) is 0 Å². The Hall–Kier alpha value is -2.31. The number of likely N-dealkylation sites (tertiary alicyclic amines) is 1. The van der Waals surface area contributed by atoms with Crippen molar-refractivity contribution < 1.29 is 9.47 Å². The van der Waals surface area contributed by atoms with Gasteiger partial charge >= 0.3 is 0 Å². The van der Waals surface area contributed by atoms with Gasteiger partial charge in [0.15, 0.2) is 5.96 Å². The zero-order valence-corrected chi connectivity index (χ0v) is 17.3. The molecular weight excluding hydrogens is 364 g/mol. The Morgan fingerprint density at radius 1 is 1.14 bits per heavy atom. The van der Waals surface area contributed by atoms with Crippen LogP contribution in [0.5, 0.6) is 5.75 Å². The van der Waals surface area contributed by atoms with Crippen molar-refractivity contribution in [2.24, 2.45) is 4.99 Å². The number of morpholine rings is 1. The summed E-state index contributed by atoms with van der Waals surface area (Å²) < 4.78 is 11.5. The number of rotatable bonds is 6. The zero-order chi connectivity index (χ0) is 19.9. The summed E-state index contributed by atoms with van der Waals surface area (Å²) in [5.41, 5.74) is 0. The van der Waals surface area contributed by atoms with Gasteiger partial charge in [0.05, 0.1) is 19.8 Å². The van der Waals surface area contributed by atoms with Gasteiger partial charge in [-0.15, -0.1) is 0 Å². The van der Waals surface area contributed by atoms with Crippen molar-refractivity contribution in [1.82, 2.24) is 15.1 Å². The smallest absolute Gasteiger partial charge is 0.194 e. The van der Waals surface area contributed by atoms with E-state index in [4.69, 9.17) is 14.5 Å². The number of hydrogen-bond acceptors (Lipinski definition) is 4. The molecule has 0 amide bonds. The summed E-state index contributed by atoms with van der Waals surface area (Å²) in [6.07, 6.45) is 1.19. The highest BCUT2D eigenvalue weighted by Crippen LogP contribution is 2.25. The number of benzene rings is 2. The number of hydrogen-bond donors (Lipinski definition) is 1. The Bertz CT molecular complexity index is 814. The fourth-order valence-electron chi connectivity index (χ4n) is 4.23. The minimum Gasteiger partial charge on any atom is -0.491 e. The molecule has 2 saturated heterocycles. The van der Waals surface area contributed by atoms with Crippen molar-refractivity contribution in [2.45, 2.75) is 19.4 Å². The van der Waals surface area contributed by atoms with Crippen LogP contribution in [0.15, 0.2) is 47.5 Å². The average molecular weight is 397 g/mol. The van der Waals surface area contributed by atoms with Gasteiger partial charge in [-0.05, 0) is 24.8 Å². The highest BCUT2D eigenvalue weighted by molar-refractivity contribution is 5.88. The first-order chi connectivity index (χ1) is 14.3. The molecule has 6 heteroatoms. The van der Waals surface area contributed by atoms with Crippen LogP contribution in [0.3, 0.4) is 0 Å². The van der Waals surface area contributed by atoms with E-state index in [-0.39, 0.29) is 0 Å². The molecule has 4 rings (SSSR count). The summed E-state index contributed by atoms with van der Waals surface area (Å²) >= 11 is 0. The number of nitrogens with one attached hydrogen (secondary N) is 1. The number of nitrogens with zero attached hydrogens (tertiary/aromatic N) is 3. The van der Waals surface area contributed by atoms with Gasteiger partial charge in [0.2, 0.25) is 0 Å². The maximum Gasteiger partial charge on any atom is 0.194 e. The molecule has 29 heavy (non-hydrogen) atoms. The lowest BCUT2D eigenvalue weighted by atomic mass is 10.1. The first-order valence-electron chi connectivity index (χ1n) is 10.8.